The van der Waals surface area contributed by atoms with E-state index in [0.717, 1.165) is 6.42 Å². The Morgan fingerprint density at radius 3 is 2.77 bits per heavy atom. The minimum atomic E-state index is -0.579. The highest BCUT2D eigenvalue weighted by Gasteiger charge is 2.14. The number of rotatable bonds is 5. The molecule has 2 atom stereocenters. The lowest BCUT2D eigenvalue weighted by Gasteiger charge is -2.16. The highest BCUT2D eigenvalue weighted by atomic mass is 32.1. The quantitative estimate of drug-likeness (QED) is 0.763. The van der Waals surface area contributed by atoms with Crippen LogP contribution in [0.15, 0.2) is 16.8 Å². The molecule has 1 heterocycles. The smallest absolute Gasteiger partial charge is 0.0776 e. The standard InChI is InChI=1S/C10H16O2S/c1-2-8(5-10(12)6-11)9-3-4-13-7-9/h3-4,7-8,10-12H,2,5-6H2,1H3. The van der Waals surface area contributed by atoms with E-state index < -0.39 is 6.10 Å². The summed E-state index contributed by atoms with van der Waals surface area (Å²) in [7, 11) is 0. The van der Waals surface area contributed by atoms with Gasteiger partial charge in [-0.05, 0) is 41.1 Å². The van der Waals surface area contributed by atoms with Gasteiger partial charge in [0.2, 0.25) is 0 Å². The summed E-state index contributed by atoms with van der Waals surface area (Å²) < 4.78 is 0. The molecule has 0 aliphatic carbocycles. The first-order valence-corrected chi connectivity index (χ1v) is 5.53. The van der Waals surface area contributed by atoms with E-state index in [1.807, 2.05) is 5.38 Å². The van der Waals surface area contributed by atoms with Crippen LogP contribution in [0.25, 0.3) is 0 Å². The summed E-state index contributed by atoms with van der Waals surface area (Å²) in [5.41, 5.74) is 1.28. The van der Waals surface area contributed by atoms with E-state index in [4.69, 9.17) is 5.11 Å². The van der Waals surface area contributed by atoms with Gasteiger partial charge >= 0.3 is 0 Å². The molecule has 2 nitrogen and oxygen atoms in total. The Labute approximate surface area is 82.8 Å². The minimum absolute atomic E-state index is 0.138. The van der Waals surface area contributed by atoms with Crippen molar-refractivity contribution in [1.29, 1.82) is 0 Å². The van der Waals surface area contributed by atoms with Gasteiger partial charge in [-0.2, -0.15) is 11.3 Å². The van der Waals surface area contributed by atoms with Crippen LogP contribution in [-0.2, 0) is 0 Å². The number of aliphatic hydroxyl groups excluding tert-OH is 2. The van der Waals surface area contributed by atoms with Crippen molar-refractivity contribution < 1.29 is 10.2 Å². The third kappa shape index (κ3) is 3.10. The van der Waals surface area contributed by atoms with Gasteiger partial charge in [-0.3, -0.25) is 0 Å². The minimum Gasteiger partial charge on any atom is -0.394 e. The molecule has 13 heavy (non-hydrogen) atoms. The van der Waals surface area contributed by atoms with Gasteiger partial charge in [0.05, 0.1) is 12.7 Å². The lowest BCUT2D eigenvalue weighted by molar-refractivity contribution is 0.0818. The van der Waals surface area contributed by atoms with Gasteiger partial charge in [0.1, 0.15) is 0 Å². The van der Waals surface area contributed by atoms with Crippen LogP contribution in [0, 0.1) is 0 Å². The van der Waals surface area contributed by atoms with Crippen LogP contribution in [0.5, 0.6) is 0 Å². The van der Waals surface area contributed by atoms with Crippen molar-refractivity contribution in [3.05, 3.63) is 22.4 Å². The molecule has 0 aliphatic rings. The summed E-state index contributed by atoms with van der Waals surface area (Å²) in [6.07, 6.45) is 1.09. The third-order valence-electron chi connectivity index (χ3n) is 2.27. The second-order valence-electron chi connectivity index (χ2n) is 3.23. The maximum atomic E-state index is 9.31. The van der Waals surface area contributed by atoms with E-state index >= 15 is 0 Å². The Kier molecular flexibility index (Phi) is 4.42. The summed E-state index contributed by atoms with van der Waals surface area (Å²) in [6.45, 7) is 1.97. The molecule has 0 saturated carbocycles. The number of hydrogen-bond acceptors (Lipinski definition) is 3. The van der Waals surface area contributed by atoms with E-state index in [1.165, 1.54) is 5.56 Å². The Bertz CT molecular complexity index is 221. The second-order valence-corrected chi connectivity index (χ2v) is 4.01. The molecule has 1 rings (SSSR count). The van der Waals surface area contributed by atoms with Gasteiger partial charge in [0.25, 0.3) is 0 Å². The average molecular weight is 200 g/mol. The summed E-state index contributed by atoms with van der Waals surface area (Å²) >= 11 is 1.67. The van der Waals surface area contributed by atoms with Gasteiger partial charge in [0, 0.05) is 0 Å². The molecule has 74 valence electrons. The summed E-state index contributed by atoms with van der Waals surface area (Å²) in [4.78, 5) is 0. The predicted molar refractivity (Wildman–Crippen MR) is 55.1 cm³/mol. The van der Waals surface area contributed by atoms with Crippen molar-refractivity contribution in [1.82, 2.24) is 0 Å². The first-order valence-electron chi connectivity index (χ1n) is 4.59. The number of thiophene rings is 1. The zero-order chi connectivity index (χ0) is 9.68. The van der Waals surface area contributed by atoms with Crippen molar-refractivity contribution >= 4 is 11.3 Å². The van der Waals surface area contributed by atoms with Gasteiger partial charge in [-0.15, -0.1) is 0 Å². The van der Waals surface area contributed by atoms with Crippen molar-refractivity contribution in [2.45, 2.75) is 31.8 Å². The lowest BCUT2D eigenvalue weighted by atomic mass is 9.93. The molecule has 2 unspecified atom stereocenters. The van der Waals surface area contributed by atoms with Crippen LogP contribution in [0.4, 0.5) is 0 Å². The Morgan fingerprint density at radius 1 is 1.54 bits per heavy atom. The molecule has 0 radical (unpaired) electrons. The Hall–Kier alpha value is -0.380. The maximum Gasteiger partial charge on any atom is 0.0776 e. The molecule has 3 heteroatoms. The monoisotopic (exact) mass is 200 g/mol. The first kappa shape index (κ1) is 10.7. The zero-order valence-corrected chi connectivity index (χ0v) is 8.63. The first-order chi connectivity index (χ1) is 6.27. The fourth-order valence-corrected chi connectivity index (χ4v) is 2.19. The van der Waals surface area contributed by atoms with E-state index in [0.29, 0.717) is 12.3 Å². The average Bonchev–Trinajstić information content (AvgIpc) is 2.66. The largest absolute Gasteiger partial charge is 0.394 e. The van der Waals surface area contributed by atoms with Crippen LogP contribution >= 0.6 is 11.3 Å². The van der Waals surface area contributed by atoms with E-state index in [9.17, 15) is 5.11 Å². The summed E-state index contributed by atoms with van der Waals surface area (Å²) in [5.74, 6) is 0.383. The number of hydrogen-bond donors (Lipinski definition) is 2. The molecule has 0 aromatic carbocycles. The Balaban J connectivity index is 2.53. The van der Waals surface area contributed by atoms with Crippen molar-refractivity contribution in [3.8, 4) is 0 Å². The second kappa shape index (κ2) is 5.37. The number of aliphatic hydroxyl groups is 2. The fraction of sp³-hybridized carbons (Fsp3) is 0.600. The topological polar surface area (TPSA) is 40.5 Å². The van der Waals surface area contributed by atoms with E-state index in [2.05, 4.69) is 18.4 Å². The van der Waals surface area contributed by atoms with Gasteiger partial charge in [-0.1, -0.05) is 6.92 Å². The molecule has 1 aromatic heterocycles. The van der Waals surface area contributed by atoms with Crippen LogP contribution < -0.4 is 0 Å². The van der Waals surface area contributed by atoms with Crippen LogP contribution in [0.2, 0.25) is 0 Å². The molecule has 2 N–H and O–H groups in total. The lowest BCUT2D eigenvalue weighted by Crippen LogP contribution is -2.15. The Morgan fingerprint density at radius 2 is 2.31 bits per heavy atom. The van der Waals surface area contributed by atoms with Gasteiger partial charge in [0.15, 0.2) is 0 Å². The summed E-state index contributed by atoms with van der Waals surface area (Å²) in [5, 5.41) is 22.2. The highest BCUT2D eigenvalue weighted by Crippen LogP contribution is 2.26. The molecule has 1 aromatic rings. The van der Waals surface area contributed by atoms with Gasteiger partial charge in [-0.25, -0.2) is 0 Å². The molecule has 0 spiro atoms. The molecule has 0 fully saturated rings. The predicted octanol–water partition coefficient (Wildman–Crippen LogP) is 1.98. The molecule has 0 bridgehead atoms. The molecule has 0 amide bonds. The fourth-order valence-electron chi connectivity index (χ4n) is 1.45. The highest BCUT2D eigenvalue weighted by molar-refractivity contribution is 7.07. The summed E-state index contributed by atoms with van der Waals surface area (Å²) in [6, 6.07) is 2.09. The third-order valence-corrected chi connectivity index (χ3v) is 2.98. The van der Waals surface area contributed by atoms with Crippen molar-refractivity contribution in [2.75, 3.05) is 6.61 Å². The molecular weight excluding hydrogens is 184 g/mol. The van der Waals surface area contributed by atoms with Crippen molar-refractivity contribution in [2.24, 2.45) is 0 Å². The zero-order valence-electron chi connectivity index (χ0n) is 7.81. The van der Waals surface area contributed by atoms with E-state index in [1.54, 1.807) is 11.3 Å². The molecule has 0 aliphatic heterocycles. The van der Waals surface area contributed by atoms with Crippen LogP contribution in [-0.4, -0.2) is 22.9 Å². The SMILES string of the molecule is CCC(CC(O)CO)c1ccsc1. The normalized spacial score (nSPS) is 15.6. The van der Waals surface area contributed by atoms with Crippen LogP contribution in [0.3, 0.4) is 0 Å². The molecular formula is C10H16O2S. The molecule has 0 saturated heterocycles. The van der Waals surface area contributed by atoms with Gasteiger partial charge < -0.3 is 10.2 Å². The van der Waals surface area contributed by atoms with Crippen molar-refractivity contribution in [3.63, 3.8) is 0 Å². The van der Waals surface area contributed by atoms with Crippen LogP contribution in [0.1, 0.15) is 31.2 Å². The van der Waals surface area contributed by atoms with E-state index in [-0.39, 0.29) is 6.61 Å². The maximum absolute atomic E-state index is 9.31.